The first-order chi connectivity index (χ1) is 41.9. The zero-order valence-electron chi connectivity index (χ0n) is 58.4. The van der Waals surface area contributed by atoms with Crippen LogP contribution < -0.4 is 30.4 Å². The second-order valence-corrected chi connectivity index (χ2v) is 36.6. The van der Waals surface area contributed by atoms with Crippen molar-refractivity contribution in [2.24, 2.45) is 10.8 Å². The number of benzene rings is 8. The van der Waals surface area contributed by atoms with Crippen molar-refractivity contribution >= 4 is 83.6 Å². The number of anilines is 7. The third-order valence-corrected chi connectivity index (χ3v) is 24.1. The van der Waals surface area contributed by atoms with Crippen molar-refractivity contribution in [3.63, 3.8) is 0 Å². The standard InChI is InChI=1S/C85H96BN3S/c1-49-35-70-73-71(36-49)89(68-33-31-54(78(5,6)7)39-57(68)50-27-29-53(30-28-50)77(2,3)4)69-44-66-65(84(19,20)63-41-61-62(42-64(63)85(66,21)22)83(17,18)60-26-24-23-25-59(60)82(61,15)16)43-67(69)86(73)76-75(58-40-55(79(8,9)10)32-34-72(58)90-76)88(70)56-37-51-45-80(11,12)47-87-48-81(13,14)46-52(38-56)74(51)87/h23-44H,45-48H2,1-22H3. The van der Waals surface area contributed by atoms with Crippen LogP contribution in [0.2, 0.25) is 0 Å². The molecule has 9 aromatic rings. The summed E-state index contributed by atoms with van der Waals surface area (Å²) in [5, 5.41) is 1.36. The molecule has 0 spiro atoms. The maximum atomic E-state index is 2.79. The lowest BCUT2D eigenvalue weighted by Crippen LogP contribution is -2.61. The van der Waals surface area contributed by atoms with Crippen LogP contribution in [-0.4, -0.2) is 19.8 Å². The maximum absolute atomic E-state index is 2.79. The lowest BCUT2D eigenvalue weighted by molar-refractivity contribution is 0.289. The fraction of sp³-hybridized carbons (Fsp3) is 0.412. The summed E-state index contributed by atoms with van der Waals surface area (Å²) in [4.78, 5) is 8.31. The normalized spacial score (nSPS) is 19.0. The Hall–Kier alpha value is -6.82. The van der Waals surface area contributed by atoms with Crippen molar-refractivity contribution in [1.82, 2.24) is 0 Å². The number of fused-ring (bicyclic) bond motifs is 10. The molecule has 15 rings (SSSR count). The van der Waals surface area contributed by atoms with Crippen LogP contribution >= 0.6 is 11.3 Å². The molecule has 8 aromatic carbocycles. The highest BCUT2D eigenvalue weighted by Gasteiger charge is 2.52. The number of rotatable bonds is 3. The van der Waals surface area contributed by atoms with Gasteiger partial charge in [0.15, 0.2) is 0 Å². The van der Waals surface area contributed by atoms with Crippen LogP contribution in [0.25, 0.3) is 21.2 Å². The lowest BCUT2D eigenvalue weighted by Gasteiger charge is -2.50. The second kappa shape index (κ2) is 18.7. The summed E-state index contributed by atoms with van der Waals surface area (Å²) in [5.74, 6) is 0. The molecule has 0 N–H and O–H groups in total. The lowest BCUT2D eigenvalue weighted by atomic mass is 9.35. The maximum Gasteiger partial charge on any atom is 0.264 e. The number of nitrogens with zero attached hydrogens (tertiary/aromatic N) is 3. The summed E-state index contributed by atoms with van der Waals surface area (Å²) in [6.45, 7) is 55.8. The van der Waals surface area contributed by atoms with E-state index in [1.165, 1.54) is 155 Å². The quantitative estimate of drug-likeness (QED) is 0.163. The van der Waals surface area contributed by atoms with Gasteiger partial charge in [-0.15, -0.1) is 11.3 Å². The monoisotopic (exact) mass is 1200 g/mol. The fourth-order valence-electron chi connectivity index (χ4n) is 18.0. The van der Waals surface area contributed by atoms with Gasteiger partial charge < -0.3 is 14.7 Å². The van der Waals surface area contributed by atoms with E-state index in [1.54, 1.807) is 0 Å². The summed E-state index contributed by atoms with van der Waals surface area (Å²) < 4.78 is 2.79. The summed E-state index contributed by atoms with van der Waals surface area (Å²) >= 11 is 2.05. The molecule has 3 nitrogen and oxygen atoms in total. The molecule has 4 aliphatic heterocycles. The molecule has 0 saturated heterocycles. The highest BCUT2D eigenvalue weighted by atomic mass is 32.1. The SMILES string of the molecule is Cc1cc2c3c(c1)N(c1cc4c5c(c1)CC(C)(C)CN5CC(C)(C)C4)c1c(sc4ccc(C(C)(C)C)cc14)B3c1cc3c(cc1N2c1ccc(C(C)(C)C)cc1-c1ccc(C(C)(C)C)cc1)C(C)(C)c1cc2c(cc1C3(C)C)C(C)(C)c1ccccc1C2(C)C. The van der Waals surface area contributed by atoms with E-state index in [0.29, 0.717) is 0 Å². The molecule has 90 heavy (non-hydrogen) atoms. The highest BCUT2D eigenvalue weighted by molar-refractivity contribution is 7.33. The van der Waals surface area contributed by atoms with Crippen molar-refractivity contribution < 1.29 is 0 Å². The number of hydrogen-bond donors (Lipinski definition) is 0. The predicted molar refractivity (Wildman–Crippen MR) is 391 cm³/mol. The third-order valence-electron chi connectivity index (χ3n) is 22.8. The van der Waals surface area contributed by atoms with Crippen molar-refractivity contribution in [1.29, 1.82) is 0 Å². The van der Waals surface area contributed by atoms with E-state index in [9.17, 15) is 0 Å². The largest absolute Gasteiger partial charge is 0.370 e. The number of aryl methyl sites for hydroxylation is 1. The van der Waals surface area contributed by atoms with Crippen molar-refractivity contribution in [3.8, 4) is 11.1 Å². The molecule has 0 radical (unpaired) electrons. The summed E-state index contributed by atoms with van der Waals surface area (Å²) in [7, 11) is 0. The van der Waals surface area contributed by atoms with E-state index in [2.05, 4.69) is 300 Å². The van der Waals surface area contributed by atoms with E-state index in [1.807, 2.05) is 11.3 Å². The topological polar surface area (TPSA) is 9.72 Å². The van der Waals surface area contributed by atoms with Crippen LogP contribution in [0.1, 0.15) is 223 Å². The Labute approximate surface area is 544 Å². The van der Waals surface area contributed by atoms with Crippen molar-refractivity contribution in [2.75, 3.05) is 27.8 Å². The van der Waals surface area contributed by atoms with Crippen LogP contribution in [-0.2, 0) is 50.7 Å². The fourth-order valence-corrected chi connectivity index (χ4v) is 19.3. The Balaban J connectivity index is 1.06. The average Bonchev–Trinajstić information content (AvgIpc) is 1.00. The van der Waals surface area contributed by atoms with Gasteiger partial charge in [-0.1, -0.05) is 224 Å². The molecule has 0 amide bonds. The number of hydrogen-bond acceptors (Lipinski definition) is 4. The van der Waals surface area contributed by atoms with E-state index < -0.39 is 0 Å². The molecular formula is C85H96BN3S. The Kier molecular flexibility index (Phi) is 12.4. The second-order valence-electron chi connectivity index (χ2n) is 35.5. The van der Waals surface area contributed by atoms with Crippen LogP contribution in [0.3, 0.4) is 0 Å². The van der Waals surface area contributed by atoms with Gasteiger partial charge in [-0.05, 0) is 196 Å². The van der Waals surface area contributed by atoms with E-state index in [4.69, 9.17) is 0 Å². The van der Waals surface area contributed by atoms with Gasteiger partial charge in [0.25, 0.3) is 6.71 Å². The molecule has 0 atom stereocenters. The van der Waals surface area contributed by atoms with E-state index >= 15 is 0 Å². The minimum Gasteiger partial charge on any atom is -0.370 e. The Morgan fingerprint density at radius 2 is 0.889 bits per heavy atom. The molecule has 5 heterocycles. The number of thiophene rings is 1. The van der Waals surface area contributed by atoms with Gasteiger partial charge in [0.05, 0.1) is 11.4 Å². The molecule has 1 aromatic heterocycles. The van der Waals surface area contributed by atoms with Crippen LogP contribution in [0.15, 0.2) is 133 Å². The molecule has 0 saturated carbocycles. The first kappa shape index (κ1) is 59.5. The van der Waals surface area contributed by atoms with E-state index in [0.717, 1.165) is 25.9 Å². The first-order valence-electron chi connectivity index (χ1n) is 33.8. The summed E-state index contributed by atoms with van der Waals surface area (Å²) in [6.07, 6.45) is 2.12. The van der Waals surface area contributed by atoms with Gasteiger partial charge in [-0.2, -0.15) is 0 Å². The molecular weight excluding hydrogens is 1110 g/mol. The molecule has 460 valence electrons. The van der Waals surface area contributed by atoms with E-state index in [-0.39, 0.29) is 55.4 Å². The smallest absolute Gasteiger partial charge is 0.264 e. The predicted octanol–water partition coefficient (Wildman–Crippen LogP) is 20.8. The van der Waals surface area contributed by atoms with Crippen molar-refractivity contribution in [2.45, 2.75) is 203 Å². The molecule has 0 bridgehead atoms. The van der Waals surface area contributed by atoms with Gasteiger partial charge in [0, 0.05) is 83.6 Å². The zero-order chi connectivity index (χ0) is 64.1. The van der Waals surface area contributed by atoms with Crippen LogP contribution in [0, 0.1) is 17.8 Å². The zero-order valence-corrected chi connectivity index (χ0v) is 59.2. The minimum atomic E-state index is -0.339. The minimum absolute atomic E-state index is 0.0251. The Morgan fingerprint density at radius 3 is 1.42 bits per heavy atom. The third kappa shape index (κ3) is 8.61. The van der Waals surface area contributed by atoms with Crippen molar-refractivity contribution in [3.05, 3.63) is 211 Å². The van der Waals surface area contributed by atoms with Gasteiger partial charge in [0.1, 0.15) is 0 Å². The highest BCUT2D eigenvalue weighted by Crippen LogP contribution is 2.59. The van der Waals surface area contributed by atoms with Gasteiger partial charge in [0.2, 0.25) is 0 Å². The van der Waals surface area contributed by atoms with Crippen LogP contribution in [0.4, 0.5) is 39.8 Å². The van der Waals surface area contributed by atoms with Gasteiger partial charge in [-0.3, -0.25) is 0 Å². The first-order valence-corrected chi connectivity index (χ1v) is 34.7. The molecule has 6 aliphatic rings. The molecule has 0 fully saturated rings. The van der Waals surface area contributed by atoms with Gasteiger partial charge >= 0.3 is 0 Å². The molecule has 2 aliphatic carbocycles. The molecule has 5 heteroatoms. The molecule has 0 unspecified atom stereocenters. The summed E-state index contributed by atoms with van der Waals surface area (Å²) in [6, 6.07) is 55.1. The Bertz CT molecular complexity index is 4530. The van der Waals surface area contributed by atoms with Gasteiger partial charge in [-0.25, -0.2) is 0 Å². The average molecular weight is 1200 g/mol. The summed E-state index contributed by atoms with van der Waals surface area (Å²) in [5.41, 5.74) is 33.6. The van der Waals surface area contributed by atoms with Crippen LogP contribution in [0.5, 0.6) is 0 Å². The Morgan fingerprint density at radius 1 is 0.422 bits per heavy atom.